The number of nitriles is 1. The van der Waals surface area contributed by atoms with Crippen molar-refractivity contribution in [2.45, 2.75) is 51.9 Å². The maximum absolute atomic E-state index is 12.5. The van der Waals surface area contributed by atoms with Crippen molar-refractivity contribution in [2.75, 3.05) is 0 Å². The van der Waals surface area contributed by atoms with Crippen LogP contribution in [0.4, 0.5) is 0 Å². The van der Waals surface area contributed by atoms with E-state index in [4.69, 9.17) is 14.7 Å². The lowest BCUT2D eigenvalue weighted by Crippen LogP contribution is -2.09. The van der Waals surface area contributed by atoms with Gasteiger partial charge >= 0.3 is 11.9 Å². The summed E-state index contributed by atoms with van der Waals surface area (Å²) in [4.78, 5) is 24.7. The first-order valence-corrected chi connectivity index (χ1v) is 11.7. The third kappa shape index (κ3) is 7.60. The van der Waals surface area contributed by atoms with Crippen molar-refractivity contribution in [3.63, 3.8) is 0 Å². The van der Waals surface area contributed by atoms with E-state index in [1.54, 1.807) is 48.5 Å². The molecular weight excluding hydrogens is 426 g/mol. The van der Waals surface area contributed by atoms with Gasteiger partial charge in [0, 0.05) is 0 Å². The molecule has 5 heteroatoms. The van der Waals surface area contributed by atoms with Crippen LogP contribution in [0.3, 0.4) is 0 Å². The lowest BCUT2D eigenvalue weighted by Gasteiger charge is -2.08. The minimum atomic E-state index is -0.532. The monoisotopic (exact) mass is 455 g/mol. The van der Waals surface area contributed by atoms with E-state index in [1.807, 2.05) is 18.2 Å². The first-order valence-electron chi connectivity index (χ1n) is 11.7. The van der Waals surface area contributed by atoms with Gasteiger partial charge in [-0.1, -0.05) is 51.2 Å². The molecule has 0 heterocycles. The smallest absolute Gasteiger partial charge is 0.343 e. The molecule has 0 aliphatic carbocycles. The summed E-state index contributed by atoms with van der Waals surface area (Å²) < 4.78 is 10.8. The fourth-order valence-electron chi connectivity index (χ4n) is 3.51. The van der Waals surface area contributed by atoms with Crippen molar-refractivity contribution < 1.29 is 19.1 Å². The number of esters is 2. The Morgan fingerprint density at radius 2 is 1.15 bits per heavy atom. The summed E-state index contributed by atoms with van der Waals surface area (Å²) in [6.07, 6.45) is 8.58. The summed E-state index contributed by atoms with van der Waals surface area (Å²) in [6.45, 7) is 2.22. The number of ether oxygens (including phenoxy) is 2. The minimum Gasteiger partial charge on any atom is -0.423 e. The largest absolute Gasteiger partial charge is 0.423 e. The van der Waals surface area contributed by atoms with Crippen LogP contribution in [0.25, 0.3) is 0 Å². The normalized spacial score (nSPS) is 10.4. The molecule has 174 valence electrons. The van der Waals surface area contributed by atoms with E-state index in [2.05, 4.69) is 6.92 Å². The van der Waals surface area contributed by atoms with Gasteiger partial charge in [-0.2, -0.15) is 5.26 Å². The number of unbranched alkanes of at least 4 members (excludes halogenated alkanes) is 5. The van der Waals surface area contributed by atoms with E-state index in [-0.39, 0.29) is 0 Å². The molecule has 0 fully saturated rings. The Hall–Kier alpha value is -3.91. The van der Waals surface area contributed by atoms with Crippen molar-refractivity contribution >= 4 is 11.9 Å². The molecule has 0 saturated heterocycles. The number of hydrogen-bond donors (Lipinski definition) is 0. The van der Waals surface area contributed by atoms with Crippen LogP contribution in [0.5, 0.6) is 11.5 Å². The van der Waals surface area contributed by atoms with E-state index in [1.165, 1.54) is 49.8 Å². The van der Waals surface area contributed by atoms with Gasteiger partial charge in [0.2, 0.25) is 0 Å². The molecule has 5 nitrogen and oxygen atoms in total. The van der Waals surface area contributed by atoms with Crippen molar-refractivity contribution in [2.24, 2.45) is 0 Å². The molecule has 0 aliphatic heterocycles. The average Bonchev–Trinajstić information content (AvgIpc) is 2.87. The van der Waals surface area contributed by atoms with Gasteiger partial charge in [-0.05, 0) is 79.1 Å². The number of benzene rings is 3. The SMILES string of the molecule is CCCCCCCCc1ccc(C(=O)Oc2ccc(OC(=O)c3ccc(C#N)cc3)cc2)cc1. The quantitative estimate of drug-likeness (QED) is 0.179. The van der Waals surface area contributed by atoms with E-state index in [0.717, 1.165) is 12.8 Å². The molecule has 3 aromatic rings. The number of nitrogens with zero attached hydrogens (tertiary/aromatic N) is 1. The number of carbonyl (C=O) groups is 2. The van der Waals surface area contributed by atoms with Crippen LogP contribution in [-0.2, 0) is 6.42 Å². The minimum absolute atomic E-state index is 0.327. The van der Waals surface area contributed by atoms with Crippen molar-refractivity contribution in [3.8, 4) is 17.6 Å². The molecule has 34 heavy (non-hydrogen) atoms. The summed E-state index contributed by atoms with van der Waals surface area (Å²) in [6, 6.07) is 22.0. The second-order valence-corrected chi connectivity index (χ2v) is 8.15. The zero-order chi connectivity index (χ0) is 24.2. The average molecular weight is 456 g/mol. The topological polar surface area (TPSA) is 76.4 Å². The highest BCUT2D eigenvalue weighted by molar-refractivity contribution is 5.92. The van der Waals surface area contributed by atoms with Crippen LogP contribution in [0.15, 0.2) is 72.8 Å². The van der Waals surface area contributed by atoms with Crippen LogP contribution >= 0.6 is 0 Å². The Morgan fingerprint density at radius 1 is 0.676 bits per heavy atom. The highest BCUT2D eigenvalue weighted by Gasteiger charge is 2.11. The van der Waals surface area contributed by atoms with Gasteiger partial charge in [-0.15, -0.1) is 0 Å². The van der Waals surface area contributed by atoms with E-state index >= 15 is 0 Å². The Morgan fingerprint density at radius 3 is 1.65 bits per heavy atom. The Kier molecular flexibility index (Phi) is 9.42. The molecule has 0 aliphatic rings. The summed E-state index contributed by atoms with van der Waals surface area (Å²) >= 11 is 0. The molecular formula is C29H29NO4. The van der Waals surface area contributed by atoms with E-state index < -0.39 is 11.9 Å². The van der Waals surface area contributed by atoms with Crippen molar-refractivity contribution in [1.82, 2.24) is 0 Å². The molecule has 3 aromatic carbocycles. The Labute approximate surface area is 201 Å². The second kappa shape index (κ2) is 13.0. The summed E-state index contributed by atoms with van der Waals surface area (Å²) in [5.74, 6) is -0.281. The Balaban J connectivity index is 1.47. The predicted molar refractivity (Wildman–Crippen MR) is 131 cm³/mol. The molecule has 0 saturated carbocycles. The van der Waals surface area contributed by atoms with Gasteiger partial charge in [-0.3, -0.25) is 0 Å². The molecule has 0 atom stereocenters. The molecule has 0 amide bonds. The van der Waals surface area contributed by atoms with Crippen LogP contribution < -0.4 is 9.47 Å². The maximum atomic E-state index is 12.5. The molecule has 0 radical (unpaired) electrons. The first-order chi connectivity index (χ1) is 16.6. The fourth-order valence-corrected chi connectivity index (χ4v) is 3.51. The van der Waals surface area contributed by atoms with Gasteiger partial charge in [0.1, 0.15) is 11.5 Å². The third-order valence-electron chi connectivity index (χ3n) is 5.50. The standard InChI is InChI=1S/C29H29NO4/c1-2-3-4-5-6-7-8-22-9-13-24(14-10-22)28(31)33-26-17-19-27(20-18-26)34-29(32)25-15-11-23(21-30)12-16-25/h9-20H,2-8H2,1H3. The molecule has 0 unspecified atom stereocenters. The summed E-state index contributed by atoms with van der Waals surface area (Å²) in [7, 11) is 0. The van der Waals surface area contributed by atoms with Gasteiger partial charge in [0.15, 0.2) is 0 Å². The number of rotatable bonds is 11. The van der Waals surface area contributed by atoms with Crippen LogP contribution in [0.2, 0.25) is 0 Å². The summed E-state index contributed by atoms with van der Waals surface area (Å²) in [5, 5.41) is 8.84. The number of aryl methyl sites for hydroxylation is 1. The molecule has 0 N–H and O–H groups in total. The molecule has 0 bridgehead atoms. The highest BCUT2D eigenvalue weighted by Crippen LogP contribution is 2.20. The van der Waals surface area contributed by atoms with Crippen molar-refractivity contribution in [1.29, 1.82) is 5.26 Å². The Bertz CT molecular complexity index is 1110. The van der Waals surface area contributed by atoms with Crippen molar-refractivity contribution in [3.05, 3.63) is 95.1 Å². The maximum Gasteiger partial charge on any atom is 0.343 e. The van der Waals surface area contributed by atoms with Gasteiger partial charge in [-0.25, -0.2) is 9.59 Å². The van der Waals surface area contributed by atoms with Crippen LogP contribution in [0, 0.1) is 11.3 Å². The van der Waals surface area contributed by atoms with Gasteiger partial charge < -0.3 is 9.47 Å². The van der Waals surface area contributed by atoms with Gasteiger partial charge in [0.05, 0.1) is 22.8 Å². The first kappa shape index (κ1) is 24.7. The molecule has 0 aromatic heterocycles. The number of carbonyl (C=O) groups excluding carboxylic acids is 2. The zero-order valence-corrected chi connectivity index (χ0v) is 19.5. The molecule has 0 spiro atoms. The third-order valence-corrected chi connectivity index (χ3v) is 5.50. The van der Waals surface area contributed by atoms with Gasteiger partial charge in [0.25, 0.3) is 0 Å². The molecule has 3 rings (SSSR count). The zero-order valence-electron chi connectivity index (χ0n) is 19.5. The lowest BCUT2D eigenvalue weighted by molar-refractivity contribution is 0.0719. The number of hydrogen-bond acceptors (Lipinski definition) is 5. The van der Waals surface area contributed by atoms with E-state index in [0.29, 0.717) is 28.2 Å². The lowest BCUT2D eigenvalue weighted by atomic mass is 10.0. The fraction of sp³-hybridized carbons (Fsp3) is 0.276. The van der Waals surface area contributed by atoms with Crippen LogP contribution in [-0.4, -0.2) is 11.9 Å². The summed E-state index contributed by atoms with van der Waals surface area (Å²) in [5.41, 5.74) is 2.52. The van der Waals surface area contributed by atoms with Crippen LogP contribution in [0.1, 0.15) is 77.3 Å². The predicted octanol–water partition coefficient (Wildman–Crippen LogP) is 6.90. The highest BCUT2D eigenvalue weighted by atomic mass is 16.5. The second-order valence-electron chi connectivity index (χ2n) is 8.15. The van der Waals surface area contributed by atoms with E-state index in [9.17, 15) is 9.59 Å².